The molecule has 0 aliphatic carbocycles. The Kier molecular flexibility index (Phi) is 6.02. The van der Waals surface area contributed by atoms with Crippen LogP contribution in [0.5, 0.6) is 0 Å². The number of aliphatic hydroxyl groups is 1. The molecule has 0 aliphatic rings. The number of rotatable bonds is 6. The van der Waals surface area contributed by atoms with Crippen LogP contribution >= 0.6 is 0 Å². The van der Waals surface area contributed by atoms with E-state index in [0.29, 0.717) is 6.54 Å². The first-order valence-electron chi connectivity index (χ1n) is 7.06. The zero-order valence-corrected chi connectivity index (χ0v) is 12.9. The maximum Gasteiger partial charge on any atom is 0.319 e. The molecule has 0 fully saturated rings. The fourth-order valence-corrected chi connectivity index (χ4v) is 2.07. The van der Waals surface area contributed by atoms with Crippen molar-refractivity contribution in [3.05, 3.63) is 29.3 Å². The van der Waals surface area contributed by atoms with Gasteiger partial charge in [-0.2, -0.15) is 0 Å². The Morgan fingerprint density at radius 1 is 1.20 bits per heavy atom. The Morgan fingerprint density at radius 2 is 1.80 bits per heavy atom. The van der Waals surface area contributed by atoms with Crippen LogP contribution < -0.4 is 10.6 Å². The lowest BCUT2D eigenvalue weighted by Crippen LogP contribution is -2.30. The van der Waals surface area contributed by atoms with Crippen LogP contribution in [0.2, 0.25) is 0 Å². The van der Waals surface area contributed by atoms with Crippen molar-refractivity contribution in [2.75, 3.05) is 18.5 Å². The van der Waals surface area contributed by atoms with Gasteiger partial charge in [0.05, 0.1) is 0 Å². The van der Waals surface area contributed by atoms with Gasteiger partial charge in [0.25, 0.3) is 0 Å². The number of aliphatic hydroxyl groups excluding tert-OH is 1. The Bertz CT molecular complexity index is 436. The third-order valence-electron chi connectivity index (χ3n) is 3.22. The largest absolute Gasteiger partial charge is 0.396 e. The zero-order chi connectivity index (χ0) is 15.2. The van der Waals surface area contributed by atoms with E-state index >= 15 is 0 Å². The molecular formula is C16H26N2O2. The quantitative estimate of drug-likeness (QED) is 0.700. The third-order valence-corrected chi connectivity index (χ3v) is 3.22. The summed E-state index contributed by atoms with van der Waals surface area (Å²) >= 11 is 0. The van der Waals surface area contributed by atoms with Crippen LogP contribution in [0.1, 0.15) is 37.8 Å². The minimum absolute atomic E-state index is 0.0776. The van der Waals surface area contributed by atoms with Crippen LogP contribution in [0.25, 0.3) is 0 Å². The van der Waals surface area contributed by atoms with Crippen molar-refractivity contribution in [1.82, 2.24) is 5.32 Å². The predicted molar refractivity (Wildman–Crippen MR) is 83.0 cm³/mol. The normalized spacial score (nSPS) is 11.2. The van der Waals surface area contributed by atoms with Crippen molar-refractivity contribution in [2.45, 2.75) is 40.5 Å². The van der Waals surface area contributed by atoms with Gasteiger partial charge in [0.15, 0.2) is 0 Å². The second-order valence-electron chi connectivity index (χ2n) is 6.18. The highest BCUT2D eigenvalue weighted by Crippen LogP contribution is 2.20. The second kappa shape index (κ2) is 7.29. The Balaban J connectivity index is 2.33. The van der Waals surface area contributed by atoms with Crippen molar-refractivity contribution in [2.24, 2.45) is 5.41 Å². The van der Waals surface area contributed by atoms with Gasteiger partial charge in [0, 0.05) is 18.8 Å². The average molecular weight is 278 g/mol. The molecule has 3 N–H and O–H groups in total. The van der Waals surface area contributed by atoms with E-state index in [2.05, 4.69) is 16.7 Å². The number of anilines is 1. The Labute approximate surface area is 121 Å². The molecule has 1 aromatic carbocycles. The van der Waals surface area contributed by atoms with Crippen LogP contribution in [0.3, 0.4) is 0 Å². The van der Waals surface area contributed by atoms with E-state index < -0.39 is 0 Å². The smallest absolute Gasteiger partial charge is 0.319 e. The number of nitrogens with one attached hydrogen (secondary N) is 2. The van der Waals surface area contributed by atoms with Crippen molar-refractivity contribution < 1.29 is 9.90 Å². The summed E-state index contributed by atoms with van der Waals surface area (Å²) in [6, 6.07) is 5.78. The van der Waals surface area contributed by atoms with Gasteiger partial charge in [-0.15, -0.1) is 0 Å². The Hall–Kier alpha value is -1.55. The number of amides is 2. The van der Waals surface area contributed by atoms with Crippen LogP contribution in [0.15, 0.2) is 18.2 Å². The number of hydrogen-bond acceptors (Lipinski definition) is 2. The van der Waals surface area contributed by atoms with Crippen LogP contribution in [0, 0.1) is 19.3 Å². The fourth-order valence-electron chi connectivity index (χ4n) is 2.07. The summed E-state index contributed by atoms with van der Waals surface area (Å²) in [7, 11) is 0. The van der Waals surface area contributed by atoms with E-state index in [-0.39, 0.29) is 18.1 Å². The van der Waals surface area contributed by atoms with E-state index in [9.17, 15) is 4.79 Å². The van der Waals surface area contributed by atoms with Crippen LogP contribution in [-0.4, -0.2) is 24.3 Å². The number of urea groups is 1. The molecule has 0 spiro atoms. The standard InChI is InChI=1S/C16H26N2O2/c1-12-8-13(2)10-14(9-12)18-15(20)17-7-5-6-16(3,4)11-19/h8-10,19H,5-7,11H2,1-4H3,(H2,17,18,20). The summed E-state index contributed by atoms with van der Waals surface area (Å²) in [6.07, 6.45) is 1.74. The van der Waals surface area contributed by atoms with Gasteiger partial charge < -0.3 is 15.7 Å². The number of benzene rings is 1. The topological polar surface area (TPSA) is 61.4 Å². The average Bonchev–Trinajstić information content (AvgIpc) is 2.33. The zero-order valence-electron chi connectivity index (χ0n) is 12.9. The van der Waals surface area contributed by atoms with Gasteiger partial charge >= 0.3 is 6.03 Å². The lowest BCUT2D eigenvalue weighted by atomic mass is 9.89. The molecule has 2 amide bonds. The molecule has 0 saturated heterocycles. The third kappa shape index (κ3) is 6.06. The summed E-state index contributed by atoms with van der Waals surface area (Å²) in [5, 5.41) is 14.8. The van der Waals surface area contributed by atoms with Crippen molar-refractivity contribution in [1.29, 1.82) is 0 Å². The molecule has 0 bridgehead atoms. The van der Waals surface area contributed by atoms with Gasteiger partial charge in [-0.3, -0.25) is 0 Å². The fraction of sp³-hybridized carbons (Fsp3) is 0.562. The minimum Gasteiger partial charge on any atom is -0.396 e. The van der Waals surface area contributed by atoms with Gasteiger partial charge in [0.2, 0.25) is 0 Å². The predicted octanol–water partition coefficient (Wildman–Crippen LogP) is 3.22. The molecule has 0 aliphatic heterocycles. The highest BCUT2D eigenvalue weighted by atomic mass is 16.3. The summed E-state index contributed by atoms with van der Waals surface area (Å²) in [5.74, 6) is 0. The molecule has 4 nitrogen and oxygen atoms in total. The lowest BCUT2D eigenvalue weighted by molar-refractivity contribution is 0.148. The molecule has 0 heterocycles. The summed E-state index contributed by atoms with van der Waals surface area (Å²) < 4.78 is 0. The first kappa shape index (κ1) is 16.5. The highest BCUT2D eigenvalue weighted by Gasteiger charge is 2.15. The number of aryl methyl sites for hydroxylation is 2. The van der Waals surface area contributed by atoms with Crippen molar-refractivity contribution >= 4 is 11.7 Å². The van der Waals surface area contributed by atoms with E-state index in [0.717, 1.165) is 29.7 Å². The molecule has 1 rings (SSSR count). The monoisotopic (exact) mass is 278 g/mol. The summed E-state index contributed by atoms with van der Waals surface area (Å²) in [5.41, 5.74) is 3.00. The molecule has 112 valence electrons. The van der Waals surface area contributed by atoms with Crippen molar-refractivity contribution in [3.63, 3.8) is 0 Å². The first-order chi connectivity index (χ1) is 9.32. The molecular weight excluding hydrogens is 252 g/mol. The van der Waals surface area contributed by atoms with Crippen LogP contribution in [0.4, 0.5) is 10.5 Å². The molecule has 4 heteroatoms. The van der Waals surface area contributed by atoms with Gasteiger partial charge in [-0.05, 0) is 55.4 Å². The van der Waals surface area contributed by atoms with E-state index in [1.165, 1.54) is 0 Å². The molecule has 0 atom stereocenters. The summed E-state index contributed by atoms with van der Waals surface area (Å²) in [6.45, 7) is 8.83. The lowest BCUT2D eigenvalue weighted by Gasteiger charge is -2.21. The number of hydrogen-bond donors (Lipinski definition) is 3. The Morgan fingerprint density at radius 3 is 2.35 bits per heavy atom. The molecule has 0 saturated carbocycles. The van der Waals surface area contributed by atoms with Crippen LogP contribution in [-0.2, 0) is 0 Å². The maximum absolute atomic E-state index is 11.8. The summed E-state index contributed by atoms with van der Waals surface area (Å²) in [4.78, 5) is 11.8. The SMILES string of the molecule is Cc1cc(C)cc(NC(=O)NCCCC(C)(C)CO)c1. The van der Waals surface area contributed by atoms with E-state index in [1.807, 2.05) is 39.8 Å². The van der Waals surface area contributed by atoms with Gasteiger partial charge in [-0.25, -0.2) is 4.79 Å². The van der Waals surface area contributed by atoms with Gasteiger partial charge in [0.1, 0.15) is 0 Å². The molecule has 0 radical (unpaired) electrons. The molecule has 20 heavy (non-hydrogen) atoms. The highest BCUT2D eigenvalue weighted by molar-refractivity contribution is 5.89. The van der Waals surface area contributed by atoms with Gasteiger partial charge in [-0.1, -0.05) is 19.9 Å². The number of carbonyl (C=O) groups is 1. The number of carbonyl (C=O) groups excluding carboxylic acids is 1. The van der Waals surface area contributed by atoms with E-state index in [1.54, 1.807) is 0 Å². The maximum atomic E-state index is 11.8. The first-order valence-corrected chi connectivity index (χ1v) is 7.06. The second-order valence-corrected chi connectivity index (χ2v) is 6.18. The molecule has 0 aromatic heterocycles. The van der Waals surface area contributed by atoms with Crippen molar-refractivity contribution in [3.8, 4) is 0 Å². The molecule has 0 unspecified atom stereocenters. The molecule has 1 aromatic rings. The minimum atomic E-state index is -0.184. The van der Waals surface area contributed by atoms with E-state index in [4.69, 9.17) is 5.11 Å².